The first-order valence-electron chi connectivity index (χ1n) is 34.0. The van der Waals surface area contributed by atoms with Crippen LogP contribution in [-0.2, 0) is 28.6 Å². The second-order valence-electron chi connectivity index (χ2n) is 22.3. The van der Waals surface area contributed by atoms with Crippen molar-refractivity contribution in [1.82, 2.24) is 0 Å². The van der Waals surface area contributed by atoms with Crippen molar-refractivity contribution in [2.45, 2.75) is 322 Å². The topological polar surface area (TPSA) is 78.9 Å². The van der Waals surface area contributed by atoms with Crippen LogP contribution in [0.15, 0.2) is 122 Å². The molecule has 0 radical (unpaired) electrons. The Balaban J connectivity index is 4.25. The Kier molecular flexibility index (Phi) is 64.8. The molecule has 462 valence electrons. The van der Waals surface area contributed by atoms with Gasteiger partial charge in [-0.1, -0.05) is 284 Å². The van der Waals surface area contributed by atoms with E-state index in [0.29, 0.717) is 19.3 Å². The number of esters is 3. The molecule has 0 aromatic rings. The van der Waals surface area contributed by atoms with E-state index >= 15 is 0 Å². The van der Waals surface area contributed by atoms with Gasteiger partial charge in [0.1, 0.15) is 13.2 Å². The Hall–Kier alpha value is -4.19. The number of hydrogen-bond acceptors (Lipinski definition) is 6. The Morgan fingerprint density at radius 2 is 0.481 bits per heavy atom. The lowest BCUT2D eigenvalue weighted by Gasteiger charge is -2.18. The lowest BCUT2D eigenvalue weighted by molar-refractivity contribution is -0.167. The number of rotatable bonds is 61. The molecule has 81 heavy (non-hydrogen) atoms. The van der Waals surface area contributed by atoms with E-state index in [-0.39, 0.29) is 31.1 Å². The van der Waals surface area contributed by atoms with Crippen LogP contribution < -0.4 is 0 Å². The molecule has 0 N–H and O–H groups in total. The standard InChI is InChI=1S/C75H126O6/c1-4-7-10-13-16-19-22-25-27-29-30-31-32-33-34-35-36-37-38-39-40-41-42-43-44-46-47-50-53-56-59-62-65-68-74(77)80-71-72(70-79-73(76)67-64-61-58-55-52-49-24-21-18-15-12-9-6-3)81-75(78)69-66-63-60-57-54-51-48-45-28-26-23-20-17-14-11-8-5-2/h7,10,16-17,19-21,24-28,30-31,33-34,36-37,39-40,72H,4-6,8-9,11-15,18,22-23,29,32,35,38,41-71H2,1-3H3/b10-7-,19-16-,20-17-,24-21-,27-25-,28-26-,31-30-,34-33-,37-36-,40-39-. The van der Waals surface area contributed by atoms with Gasteiger partial charge in [0.05, 0.1) is 0 Å². The van der Waals surface area contributed by atoms with Crippen molar-refractivity contribution in [3.8, 4) is 0 Å². The smallest absolute Gasteiger partial charge is 0.306 e. The summed E-state index contributed by atoms with van der Waals surface area (Å²) in [5, 5.41) is 0. The van der Waals surface area contributed by atoms with Gasteiger partial charge in [-0.15, -0.1) is 0 Å². The molecule has 1 atom stereocenters. The fraction of sp³-hybridized carbons (Fsp3) is 0.693. The zero-order chi connectivity index (χ0) is 58.5. The Morgan fingerprint density at radius 3 is 0.790 bits per heavy atom. The molecular formula is C75H126O6. The van der Waals surface area contributed by atoms with Gasteiger partial charge >= 0.3 is 17.9 Å². The van der Waals surface area contributed by atoms with Crippen LogP contribution in [0.2, 0.25) is 0 Å². The molecule has 0 aromatic heterocycles. The minimum Gasteiger partial charge on any atom is -0.462 e. The maximum Gasteiger partial charge on any atom is 0.306 e. The van der Waals surface area contributed by atoms with E-state index in [1.807, 2.05) is 0 Å². The van der Waals surface area contributed by atoms with Gasteiger partial charge in [0, 0.05) is 19.3 Å². The van der Waals surface area contributed by atoms with E-state index in [4.69, 9.17) is 14.2 Å². The van der Waals surface area contributed by atoms with Gasteiger partial charge in [0.2, 0.25) is 0 Å². The highest BCUT2D eigenvalue weighted by Crippen LogP contribution is 2.16. The molecule has 0 aromatic carbocycles. The number of hydrogen-bond donors (Lipinski definition) is 0. The molecule has 0 aliphatic heterocycles. The van der Waals surface area contributed by atoms with Gasteiger partial charge in [-0.2, -0.15) is 0 Å². The monoisotopic (exact) mass is 1120 g/mol. The van der Waals surface area contributed by atoms with Crippen LogP contribution in [0.3, 0.4) is 0 Å². The molecule has 6 nitrogen and oxygen atoms in total. The first-order chi connectivity index (χ1) is 40.0. The Bertz CT molecular complexity index is 1670. The minimum atomic E-state index is -0.789. The van der Waals surface area contributed by atoms with E-state index in [9.17, 15) is 14.4 Å². The van der Waals surface area contributed by atoms with E-state index in [1.54, 1.807) is 0 Å². The third-order valence-electron chi connectivity index (χ3n) is 14.4. The maximum atomic E-state index is 12.9. The number of unbranched alkanes of at least 4 members (excludes halogenated alkanes) is 30. The van der Waals surface area contributed by atoms with Crippen LogP contribution in [0.5, 0.6) is 0 Å². The first kappa shape index (κ1) is 76.8. The van der Waals surface area contributed by atoms with Crippen molar-refractivity contribution in [2.75, 3.05) is 13.2 Å². The average molecular weight is 1120 g/mol. The zero-order valence-electron chi connectivity index (χ0n) is 53.0. The highest BCUT2D eigenvalue weighted by molar-refractivity contribution is 5.71. The number of carbonyl (C=O) groups excluding carboxylic acids is 3. The van der Waals surface area contributed by atoms with E-state index < -0.39 is 6.10 Å². The molecule has 0 saturated carbocycles. The third kappa shape index (κ3) is 66.5. The molecular weight excluding hydrogens is 997 g/mol. The van der Waals surface area contributed by atoms with Crippen LogP contribution in [0, 0.1) is 0 Å². The summed E-state index contributed by atoms with van der Waals surface area (Å²) < 4.78 is 16.9. The van der Waals surface area contributed by atoms with Crippen molar-refractivity contribution in [2.24, 2.45) is 0 Å². The van der Waals surface area contributed by atoms with Crippen molar-refractivity contribution in [1.29, 1.82) is 0 Å². The maximum absolute atomic E-state index is 12.9. The third-order valence-corrected chi connectivity index (χ3v) is 14.4. The van der Waals surface area contributed by atoms with Gasteiger partial charge in [-0.3, -0.25) is 14.4 Å². The second kappa shape index (κ2) is 68.3. The molecule has 0 amide bonds. The minimum absolute atomic E-state index is 0.0856. The molecule has 0 bridgehead atoms. The predicted octanol–water partition coefficient (Wildman–Crippen LogP) is 23.6. The SMILES string of the molecule is CC/C=C\C/C=C\C/C=C\C/C=C\C/C=C\C/C=C\C/C=C\CCCCCCCCCCCCCC(=O)OCC(COC(=O)CCCCCCC/C=C\CCCCCC)OC(=O)CCCCCCCCC/C=C\C/C=C\CCCCC. The summed E-state index contributed by atoms with van der Waals surface area (Å²) in [6, 6.07) is 0. The average Bonchev–Trinajstić information content (AvgIpc) is 3.46. The number of ether oxygens (including phenoxy) is 3. The molecule has 0 rings (SSSR count). The predicted molar refractivity (Wildman–Crippen MR) is 353 cm³/mol. The summed E-state index contributed by atoms with van der Waals surface area (Å²) in [6.07, 6.45) is 95.0. The molecule has 0 fully saturated rings. The summed E-state index contributed by atoms with van der Waals surface area (Å²) in [5.41, 5.74) is 0. The summed E-state index contributed by atoms with van der Waals surface area (Å²) in [5.74, 6) is -0.897. The Morgan fingerprint density at radius 1 is 0.259 bits per heavy atom. The highest BCUT2D eigenvalue weighted by Gasteiger charge is 2.19. The summed E-state index contributed by atoms with van der Waals surface area (Å²) >= 11 is 0. The molecule has 0 saturated heterocycles. The molecule has 0 heterocycles. The lowest BCUT2D eigenvalue weighted by atomic mass is 10.0. The lowest BCUT2D eigenvalue weighted by Crippen LogP contribution is -2.30. The zero-order valence-corrected chi connectivity index (χ0v) is 53.0. The van der Waals surface area contributed by atoms with Gasteiger partial charge in [0.25, 0.3) is 0 Å². The van der Waals surface area contributed by atoms with Crippen molar-refractivity contribution < 1.29 is 28.6 Å². The van der Waals surface area contributed by atoms with Crippen LogP contribution >= 0.6 is 0 Å². The number of allylic oxidation sites excluding steroid dienone is 20. The molecule has 1 unspecified atom stereocenters. The number of carbonyl (C=O) groups is 3. The molecule has 0 spiro atoms. The fourth-order valence-corrected chi connectivity index (χ4v) is 9.33. The first-order valence-corrected chi connectivity index (χ1v) is 34.0. The quantitative estimate of drug-likeness (QED) is 0.0261. The fourth-order valence-electron chi connectivity index (χ4n) is 9.33. The van der Waals surface area contributed by atoms with Crippen LogP contribution in [0.4, 0.5) is 0 Å². The van der Waals surface area contributed by atoms with Crippen molar-refractivity contribution in [3.63, 3.8) is 0 Å². The molecule has 6 heteroatoms. The van der Waals surface area contributed by atoms with Crippen LogP contribution in [0.1, 0.15) is 316 Å². The van der Waals surface area contributed by atoms with Gasteiger partial charge in [-0.05, 0) is 135 Å². The van der Waals surface area contributed by atoms with Gasteiger partial charge in [-0.25, -0.2) is 0 Å². The van der Waals surface area contributed by atoms with Crippen molar-refractivity contribution >= 4 is 17.9 Å². The van der Waals surface area contributed by atoms with E-state index in [1.165, 1.54) is 154 Å². The molecule has 0 aliphatic carbocycles. The van der Waals surface area contributed by atoms with Crippen LogP contribution in [-0.4, -0.2) is 37.2 Å². The largest absolute Gasteiger partial charge is 0.462 e. The second-order valence-corrected chi connectivity index (χ2v) is 22.3. The van der Waals surface area contributed by atoms with E-state index in [2.05, 4.69) is 142 Å². The van der Waals surface area contributed by atoms with Crippen molar-refractivity contribution in [3.05, 3.63) is 122 Å². The molecule has 0 aliphatic rings. The summed E-state index contributed by atoms with van der Waals surface area (Å²) in [4.78, 5) is 38.3. The van der Waals surface area contributed by atoms with Gasteiger partial charge < -0.3 is 14.2 Å². The normalized spacial score (nSPS) is 12.9. The highest BCUT2D eigenvalue weighted by atomic mass is 16.6. The Labute approximate surface area is 501 Å². The van der Waals surface area contributed by atoms with E-state index in [0.717, 1.165) is 122 Å². The van der Waals surface area contributed by atoms with Gasteiger partial charge in [0.15, 0.2) is 6.10 Å². The summed E-state index contributed by atoms with van der Waals surface area (Å²) in [6.45, 7) is 6.49. The van der Waals surface area contributed by atoms with Crippen LogP contribution in [0.25, 0.3) is 0 Å². The summed E-state index contributed by atoms with van der Waals surface area (Å²) in [7, 11) is 0.